The lowest BCUT2D eigenvalue weighted by Crippen LogP contribution is -2.48. The first-order chi connectivity index (χ1) is 10.3. The average molecular weight is 292 g/mol. The largest absolute Gasteiger partial charge is 0.494 e. The van der Waals surface area contributed by atoms with Crippen molar-refractivity contribution in [3.05, 3.63) is 29.8 Å². The van der Waals surface area contributed by atoms with E-state index in [9.17, 15) is 4.79 Å². The number of rotatable bonds is 7. The maximum Gasteiger partial charge on any atom is 0.250 e. The first-order valence-corrected chi connectivity index (χ1v) is 7.55. The van der Waals surface area contributed by atoms with Crippen LogP contribution in [0, 0.1) is 6.92 Å². The zero-order chi connectivity index (χ0) is 14.9. The van der Waals surface area contributed by atoms with Crippen molar-refractivity contribution >= 4 is 5.91 Å². The van der Waals surface area contributed by atoms with Gasteiger partial charge in [-0.1, -0.05) is 17.7 Å². The van der Waals surface area contributed by atoms with Crippen LogP contribution in [0.1, 0.15) is 18.4 Å². The highest BCUT2D eigenvalue weighted by molar-refractivity contribution is 5.81. The van der Waals surface area contributed by atoms with Crippen LogP contribution in [-0.4, -0.2) is 44.9 Å². The van der Waals surface area contributed by atoms with Gasteiger partial charge in [0.2, 0.25) is 5.91 Å². The van der Waals surface area contributed by atoms with E-state index >= 15 is 0 Å². The van der Waals surface area contributed by atoms with E-state index in [1.165, 1.54) is 5.56 Å². The molecule has 1 fully saturated rings. The molecule has 1 heterocycles. The standard InChI is InChI=1S/C16H24N2O3/c1-13-4-6-14(7-5-13)20-10-3-2-8-18-16(19)15-12-17-9-11-21-15/h4-7,15,17H,2-3,8-12H2,1H3,(H,18,19). The van der Waals surface area contributed by atoms with Crippen LogP contribution in [0.25, 0.3) is 0 Å². The van der Waals surface area contributed by atoms with E-state index in [2.05, 4.69) is 17.6 Å². The summed E-state index contributed by atoms with van der Waals surface area (Å²) in [6.07, 6.45) is 1.47. The van der Waals surface area contributed by atoms with Gasteiger partial charge in [0.05, 0.1) is 13.2 Å². The minimum absolute atomic E-state index is 0.0262. The van der Waals surface area contributed by atoms with Crippen molar-refractivity contribution in [3.8, 4) is 5.75 Å². The van der Waals surface area contributed by atoms with E-state index < -0.39 is 0 Å². The maximum absolute atomic E-state index is 11.8. The van der Waals surface area contributed by atoms with Crippen molar-refractivity contribution in [1.29, 1.82) is 0 Å². The van der Waals surface area contributed by atoms with Gasteiger partial charge in [-0.25, -0.2) is 0 Å². The molecule has 0 radical (unpaired) electrons. The van der Waals surface area contributed by atoms with Crippen LogP contribution in [0.15, 0.2) is 24.3 Å². The number of nitrogens with one attached hydrogen (secondary N) is 2. The monoisotopic (exact) mass is 292 g/mol. The summed E-state index contributed by atoms with van der Waals surface area (Å²) < 4.78 is 11.0. The van der Waals surface area contributed by atoms with Gasteiger partial charge in [0.25, 0.3) is 0 Å². The van der Waals surface area contributed by atoms with Crippen LogP contribution in [0.5, 0.6) is 5.75 Å². The minimum Gasteiger partial charge on any atom is -0.494 e. The number of hydrogen-bond acceptors (Lipinski definition) is 4. The fraction of sp³-hybridized carbons (Fsp3) is 0.562. The number of benzene rings is 1. The molecule has 1 aromatic rings. The topological polar surface area (TPSA) is 59.6 Å². The van der Waals surface area contributed by atoms with Crippen LogP contribution in [0.2, 0.25) is 0 Å². The van der Waals surface area contributed by atoms with Crippen LogP contribution >= 0.6 is 0 Å². The second kappa shape index (κ2) is 8.64. The molecule has 2 rings (SSSR count). The summed E-state index contributed by atoms with van der Waals surface area (Å²) in [5.41, 5.74) is 1.23. The van der Waals surface area contributed by atoms with Gasteiger partial charge in [0, 0.05) is 19.6 Å². The van der Waals surface area contributed by atoms with Gasteiger partial charge in [-0.2, -0.15) is 0 Å². The molecule has 0 bridgehead atoms. The van der Waals surface area contributed by atoms with Crippen molar-refractivity contribution in [1.82, 2.24) is 10.6 Å². The number of carbonyl (C=O) groups is 1. The third-order valence-electron chi connectivity index (χ3n) is 3.38. The number of amides is 1. The number of hydrogen-bond donors (Lipinski definition) is 2. The summed E-state index contributed by atoms with van der Waals surface area (Å²) in [7, 11) is 0. The lowest BCUT2D eigenvalue weighted by Gasteiger charge is -2.22. The van der Waals surface area contributed by atoms with Gasteiger partial charge in [-0.15, -0.1) is 0 Å². The highest BCUT2D eigenvalue weighted by atomic mass is 16.5. The molecular formula is C16H24N2O3. The second-order valence-electron chi connectivity index (χ2n) is 5.22. The maximum atomic E-state index is 11.8. The first kappa shape index (κ1) is 15.8. The molecule has 0 aromatic heterocycles. The molecule has 5 nitrogen and oxygen atoms in total. The third-order valence-corrected chi connectivity index (χ3v) is 3.38. The van der Waals surface area contributed by atoms with Crippen LogP contribution in [-0.2, 0) is 9.53 Å². The summed E-state index contributed by atoms with van der Waals surface area (Å²) in [6, 6.07) is 8.02. The molecule has 1 aliphatic rings. The Kier molecular flexibility index (Phi) is 6.50. The molecule has 1 aromatic carbocycles. The van der Waals surface area contributed by atoms with Crippen molar-refractivity contribution in [2.45, 2.75) is 25.9 Å². The molecule has 5 heteroatoms. The fourth-order valence-corrected chi connectivity index (χ4v) is 2.11. The van der Waals surface area contributed by atoms with Crippen molar-refractivity contribution in [2.75, 3.05) is 32.8 Å². The molecule has 116 valence electrons. The summed E-state index contributed by atoms with van der Waals surface area (Å²) in [5.74, 6) is 0.868. The third kappa shape index (κ3) is 5.73. The Morgan fingerprint density at radius 2 is 2.19 bits per heavy atom. The van der Waals surface area contributed by atoms with E-state index in [1.807, 2.05) is 24.3 Å². The molecule has 0 spiro atoms. The molecule has 21 heavy (non-hydrogen) atoms. The van der Waals surface area contributed by atoms with E-state index in [-0.39, 0.29) is 12.0 Å². The van der Waals surface area contributed by atoms with Gasteiger partial charge in [0.15, 0.2) is 0 Å². The minimum atomic E-state index is -0.345. The SMILES string of the molecule is Cc1ccc(OCCCCNC(=O)C2CNCCO2)cc1. The lowest BCUT2D eigenvalue weighted by molar-refractivity contribution is -0.134. The molecule has 1 aliphatic heterocycles. The quantitative estimate of drug-likeness (QED) is 0.743. The summed E-state index contributed by atoms with van der Waals surface area (Å²) in [4.78, 5) is 11.8. The smallest absolute Gasteiger partial charge is 0.250 e. The van der Waals surface area contributed by atoms with E-state index in [0.29, 0.717) is 26.3 Å². The van der Waals surface area contributed by atoms with E-state index in [4.69, 9.17) is 9.47 Å². The van der Waals surface area contributed by atoms with Gasteiger partial charge in [0.1, 0.15) is 11.9 Å². The lowest BCUT2D eigenvalue weighted by atomic mass is 10.2. The number of morpholine rings is 1. The molecule has 1 atom stereocenters. The molecule has 1 saturated heterocycles. The van der Waals surface area contributed by atoms with Gasteiger partial charge >= 0.3 is 0 Å². The van der Waals surface area contributed by atoms with Crippen molar-refractivity contribution in [2.24, 2.45) is 0 Å². The normalized spacial score (nSPS) is 18.2. The number of carbonyl (C=O) groups excluding carboxylic acids is 1. The fourth-order valence-electron chi connectivity index (χ4n) is 2.11. The Balaban J connectivity index is 1.51. The Hall–Kier alpha value is -1.59. The van der Waals surface area contributed by atoms with Gasteiger partial charge in [-0.05, 0) is 31.9 Å². The molecular weight excluding hydrogens is 268 g/mol. The Morgan fingerprint density at radius 1 is 1.38 bits per heavy atom. The Bertz CT molecular complexity index is 428. The Labute approximate surface area is 126 Å². The van der Waals surface area contributed by atoms with Gasteiger partial charge < -0.3 is 20.1 Å². The highest BCUT2D eigenvalue weighted by Gasteiger charge is 2.20. The molecule has 0 saturated carbocycles. The predicted molar refractivity (Wildman–Crippen MR) is 81.5 cm³/mol. The van der Waals surface area contributed by atoms with E-state index in [0.717, 1.165) is 25.1 Å². The summed E-state index contributed by atoms with van der Waals surface area (Å²) in [5, 5.41) is 6.04. The number of unbranched alkanes of at least 4 members (excludes halogenated alkanes) is 1. The molecule has 0 aliphatic carbocycles. The van der Waals surface area contributed by atoms with Crippen LogP contribution < -0.4 is 15.4 Å². The van der Waals surface area contributed by atoms with E-state index in [1.54, 1.807) is 0 Å². The highest BCUT2D eigenvalue weighted by Crippen LogP contribution is 2.11. The number of aryl methyl sites for hydroxylation is 1. The Morgan fingerprint density at radius 3 is 2.90 bits per heavy atom. The molecule has 1 amide bonds. The molecule has 1 unspecified atom stereocenters. The summed E-state index contributed by atoms with van der Waals surface area (Å²) >= 11 is 0. The first-order valence-electron chi connectivity index (χ1n) is 7.55. The van der Waals surface area contributed by atoms with Crippen molar-refractivity contribution in [3.63, 3.8) is 0 Å². The number of ether oxygens (including phenoxy) is 2. The summed E-state index contributed by atoms with van der Waals surface area (Å²) in [6.45, 7) is 5.40. The zero-order valence-corrected chi connectivity index (χ0v) is 12.6. The predicted octanol–water partition coefficient (Wildman–Crippen LogP) is 1.26. The average Bonchev–Trinajstić information content (AvgIpc) is 2.53. The van der Waals surface area contributed by atoms with Gasteiger partial charge in [-0.3, -0.25) is 4.79 Å². The van der Waals surface area contributed by atoms with Crippen LogP contribution in [0.3, 0.4) is 0 Å². The van der Waals surface area contributed by atoms with Crippen LogP contribution in [0.4, 0.5) is 0 Å². The second-order valence-corrected chi connectivity index (χ2v) is 5.22. The van der Waals surface area contributed by atoms with Crippen molar-refractivity contribution < 1.29 is 14.3 Å². The zero-order valence-electron chi connectivity index (χ0n) is 12.6. The molecule has 2 N–H and O–H groups in total.